The Morgan fingerprint density at radius 3 is 2.48 bits per heavy atom. The molecule has 0 saturated heterocycles. The number of fused-ring (bicyclic) bond motifs is 2. The normalized spacial score (nSPS) is 17.1. The van der Waals surface area contributed by atoms with Crippen LogP contribution in [0.5, 0.6) is 0 Å². The molecule has 1 unspecified atom stereocenters. The molecule has 6 nitrogen and oxygen atoms in total. The van der Waals surface area contributed by atoms with Gasteiger partial charge in [-0.05, 0) is 67.7 Å². The maximum absolute atomic E-state index is 12.3. The lowest BCUT2D eigenvalue weighted by molar-refractivity contribution is 0.260. The fourth-order valence-electron chi connectivity index (χ4n) is 3.54. The van der Waals surface area contributed by atoms with E-state index < -0.39 is 16.6 Å². The Morgan fingerprint density at radius 2 is 1.92 bits per heavy atom. The third kappa shape index (κ3) is 3.76. The average Bonchev–Trinajstić information content (AvgIpc) is 3.24. The second kappa shape index (κ2) is 7.82. The number of carbonyl (C=O) groups is 1. The summed E-state index contributed by atoms with van der Waals surface area (Å²) in [6.45, 7) is 2.18. The van der Waals surface area contributed by atoms with Crippen molar-refractivity contribution >= 4 is 28.5 Å². The minimum atomic E-state index is -2.35. The molecule has 0 spiro atoms. The predicted molar refractivity (Wildman–Crippen MR) is 100.0 cm³/mol. The fourth-order valence-corrected chi connectivity index (χ4v) is 4.15. The van der Waals surface area contributed by atoms with Gasteiger partial charge in [0.05, 0.1) is 22.1 Å². The van der Waals surface area contributed by atoms with E-state index in [0.717, 1.165) is 50.4 Å². The first-order chi connectivity index (χ1) is 12.1. The highest BCUT2D eigenvalue weighted by Gasteiger charge is 2.24. The fraction of sp³-hybridized carbons (Fsp3) is 0.444. The van der Waals surface area contributed by atoms with Gasteiger partial charge in [-0.25, -0.2) is 9.00 Å². The molecule has 25 heavy (non-hydrogen) atoms. The van der Waals surface area contributed by atoms with E-state index in [0.29, 0.717) is 6.61 Å². The number of nitrogens with one attached hydrogen (secondary N) is 2. The first-order valence-corrected chi connectivity index (χ1v) is 9.84. The number of ether oxygens (including phenoxy) is 1. The van der Waals surface area contributed by atoms with E-state index in [4.69, 9.17) is 10.1 Å². The van der Waals surface area contributed by atoms with Crippen molar-refractivity contribution in [3.05, 3.63) is 39.5 Å². The lowest BCUT2D eigenvalue weighted by atomic mass is 9.99. The second-order valence-electron chi connectivity index (χ2n) is 6.18. The van der Waals surface area contributed by atoms with Crippen molar-refractivity contribution in [1.29, 1.82) is 5.41 Å². The van der Waals surface area contributed by atoms with Crippen LogP contribution in [0.25, 0.3) is 0 Å². The highest BCUT2D eigenvalue weighted by molar-refractivity contribution is 7.80. The Balaban J connectivity index is 1.86. The summed E-state index contributed by atoms with van der Waals surface area (Å²) in [5, 5.41) is 10.2. The molecule has 2 amide bonds. The molecular weight excluding hydrogens is 338 g/mol. The quantitative estimate of drug-likeness (QED) is 0.426. The third-order valence-electron chi connectivity index (χ3n) is 4.63. The van der Waals surface area contributed by atoms with E-state index in [1.54, 1.807) is 6.92 Å². The molecule has 1 aromatic rings. The van der Waals surface area contributed by atoms with Crippen LogP contribution in [-0.2, 0) is 41.0 Å². The van der Waals surface area contributed by atoms with E-state index in [2.05, 4.69) is 15.7 Å². The molecule has 2 N–H and O–H groups in total. The summed E-state index contributed by atoms with van der Waals surface area (Å²) >= 11 is 0. The van der Waals surface area contributed by atoms with Crippen molar-refractivity contribution in [2.45, 2.75) is 45.4 Å². The molecule has 134 valence electrons. The molecule has 1 aromatic carbocycles. The Morgan fingerprint density at radius 1 is 1.28 bits per heavy atom. The lowest BCUT2D eigenvalue weighted by Crippen LogP contribution is -2.11. The van der Waals surface area contributed by atoms with Crippen molar-refractivity contribution in [3.8, 4) is 0 Å². The van der Waals surface area contributed by atoms with Gasteiger partial charge in [0.25, 0.3) is 0 Å². The number of urea groups is 1. The Kier molecular flexibility index (Phi) is 5.53. The van der Waals surface area contributed by atoms with Crippen LogP contribution in [-0.4, -0.2) is 23.1 Å². The van der Waals surface area contributed by atoms with Crippen molar-refractivity contribution in [3.63, 3.8) is 0 Å². The summed E-state index contributed by atoms with van der Waals surface area (Å²) in [7, 11) is -2.35. The van der Waals surface area contributed by atoms with Crippen LogP contribution in [0, 0.1) is 5.41 Å². The number of thiol groups is 1. The number of benzene rings is 1. The standard InChI is InChI=1S/C18H23N3O3S/c1-2-24-11-14(10-19)25(23)21-18(22)20-17-15-7-3-5-12(15)9-13-6-4-8-16(13)17/h9-11,19,25H,2-8H2,1H3,(H,20,22)/b14-11-,19-10?. The third-order valence-corrected chi connectivity index (χ3v) is 5.67. The first kappa shape index (κ1) is 17.7. The maximum atomic E-state index is 12.3. The van der Waals surface area contributed by atoms with E-state index in [9.17, 15) is 9.00 Å². The van der Waals surface area contributed by atoms with Crippen LogP contribution in [0.1, 0.15) is 42.0 Å². The Hall–Kier alpha value is -2.15. The summed E-state index contributed by atoms with van der Waals surface area (Å²) in [6, 6.07) is 1.66. The van der Waals surface area contributed by atoms with Gasteiger partial charge in [0.2, 0.25) is 0 Å². The number of anilines is 1. The summed E-state index contributed by atoms with van der Waals surface area (Å²) in [6.07, 6.45) is 8.34. The molecule has 0 aromatic heterocycles. The summed E-state index contributed by atoms with van der Waals surface area (Å²) in [5.74, 6) is 0. The molecule has 2 aliphatic rings. The van der Waals surface area contributed by atoms with E-state index in [-0.39, 0.29) is 4.91 Å². The molecule has 7 heteroatoms. The highest BCUT2D eigenvalue weighted by Crippen LogP contribution is 2.38. The zero-order chi connectivity index (χ0) is 17.8. The molecule has 0 fully saturated rings. The van der Waals surface area contributed by atoms with Gasteiger partial charge in [0.15, 0.2) is 0 Å². The zero-order valence-electron chi connectivity index (χ0n) is 14.3. The van der Waals surface area contributed by atoms with Gasteiger partial charge in [-0.2, -0.15) is 0 Å². The van der Waals surface area contributed by atoms with Gasteiger partial charge < -0.3 is 15.5 Å². The number of rotatable bonds is 5. The summed E-state index contributed by atoms with van der Waals surface area (Å²) < 4.78 is 20.9. The smallest absolute Gasteiger partial charge is 0.353 e. The number of allylic oxidation sites excluding steroid dienone is 1. The van der Waals surface area contributed by atoms with Crippen LogP contribution >= 0.6 is 0 Å². The van der Waals surface area contributed by atoms with Gasteiger partial charge >= 0.3 is 6.03 Å². The van der Waals surface area contributed by atoms with E-state index in [1.807, 2.05) is 0 Å². The van der Waals surface area contributed by atoms with Crippen LogP contribution in [0.4, 0.5) is 10.5 Å². The molecule has 0 aliphatic heterocycles. The molecular formula is C18H23N3O3S. The Bertz CT molecular complexity index is 791. The van der Waals surface area contributed by atoms with Gasteiger partial charge in [-0.15, -0.1) is 4.36 Å². The molecule has 2 aliphatic carbocycles. The second-order valence-corrected chi connectivity index (χ2v) is 7.44. The highest BCUT2D eigenvalue weighted by atomic mass is 32.2. The zero-order valence-corrected chi connectivity index (χ0v) is 15.2. The maximum Gasteiger partial charge on any atom is 0.353 e. The number of amides is 2. The van der Waals surface area contributed by atoms with Crippen LogP contribution in [0.2, 0.25) is 0 Å². The predicted octanol–water partition coefficient (Wildman–Crippen LogP) is 3.39. The lowest BCUT2D eigenvalue weighted by Gasteiger charge is -2.14. The minimum Gasteiger partial charge on any atom is -0.500 e. The number of hydrogen-bond acceptors (Lipinski definition) is 4. The monoisotopic (exact) mass is 361 g/mol. The van der Waals surface area contributed by atoms with Gasteiger partial charge in [-0.1, -0.05) is 6.07 Å². The van der Waals surface area contributed by atoms with Crippen molar-refractivity contribution < 1.29 is 13.7 Å². The molecule has 0 heterocycles. The largest absolute Gasteiger partial charge is 0.500 e. The van der Waals surface area contributed by atoms with Gasteiger partial charge in [0, 0.05) is 11.9 Å². The van der Waals surface area contributed by atoms with Gasteiger partial charge in [-0.3, -0.25) is 0 Å². The number of nitrogens with zero attached hydrogens (tertiary/aromatic N) is 1. The Labute approximate surface area is 149 Å². The van der Waals surface area contributed by atoms with Crippen molar-refractivity contribution in [1.82, 2.24) is 0 Å². The minimum absolute atomic E-state index is 0.0931. The van der Waals surface area contributed by atoms with E-state index in [1.165, 1.54) is 28.5 Å². The van der Waals surface area contributed by atoms with Crippen LogP contribution in [0.3, 0.4) is 0 Å². The first-order valence-electron chi connectivity index (χ1n) is 8.62. The van der Waals surface area contributed by atoms with Crippen LogP contribution in [0.15, 0.2) is 21.6 Å². The topological polar surface area (TPSA) is 91.6 Å². The molecule has 0 saturated carbocycles. The van der Waals surface area contributed by atoms with E-state index >= 15 is 0 Å². The van der Waals surface area contributed by atoms with Gasteiger partial charge in [0.1, 0.15) is 6.26 Å². The molecule has 0 radical (unpaired) electrons. The molecule has 3 rings (SSSR count). The SMILES string of the molecule is CCO/C=C(C=N)\[SH](=O)=N\C(=O)Nc1c2c(cc3c1CCC3)CCC2. The number of hydrogen-bond donors (Lipinski definition) is 3. The number of carbonyl (C=O) groups excluding carboxylic acids is 1. The van der Waals surface area contributed by atoms with Crippen molar-refractivity contribution in [2.24, 2.45) is 4.36 Å². The molecule has 1 atom stereocenters. The van der Waals surface area contributed by atoms with Crippen molar-refractivity contribution in [2.75, 3.05) is 11.9 Å². The summed E-state index contributed by atoms with van der Waals surface area (Å²) in [4.78, 5) is 12.4. The number of aryl methyl sites for hydroxylation is 2. The van der Waals surface area contributed by atoms with Crippen LogP contribution < -0.4 is 5.32 Å². The molecule has 0 bridgehead atoms. The average molecular weight is 361 g/mol. The summed E-state index contributed by atoms with van der Waals surface area (Å²) in [5.41, 5.74) is 5.92.